The first-order valence-corrected chi connectivity index (χ1v) is 12.4. The van der Waals surface area contributed by atoms with Gasteiger partial charge in [-0.15, -0.1) is 0 Å². The van der Waals surface area contributed by atoms with Crippen LogP contribution in [-0.4, -0.2) is 97.2 Å². The molecule has 1 aliphatic heterocycles. The summed E-state index contributed by atoms with van der Waals surface area (Å²) >= 11 is 0. The number of halogens is 6. The van der Waals surface area contributed by atoms with E-state index in [1.54, 1.807) is 29.2 Å². The summed E-state index contributed by atoms with van der Waals surface area (Å²) in [6.07, 6.45) is -7.64. The number of hydrogen-bond donors (Lipinski definition) is 2. The summed E-state index contributed by atoms with van der Waals surface area (Å²) in [5, 5.41) is 14.3. The number of carbonyl (C=O) groups is 2. The zero-order valence-corrected chi connectivity index (χ0v) is 22.5. The Labute approximate surface area is 238 Å². The van der Waals surface area contributed by atoms with E-state index in [4.69, 9.17) is 15.6 Å². The number of carboxylic acid groups (broad SMARTS) is 1. The molecule has 1 aliphatic rings. The Morgan fingerprint density at radius 3 is 2.26 bits per heavy atom. The molecule has 18 heteroatoms. The van der Waals surface area contributed by atoms with Crippen molar-refractivity contribution in [1.82, 2.24) is 34.6 Å². The lowest BCUT2D eigenvalue weighted by Gasteiger charge is -2.21. The van der Waals surface area contributed by atoms with E-state index < -0.39 is 30.8 Å². The van der Waals surface area contributed by atoms with Gasteiger partial charge >= 0.3 is 18.3 Å². The van der Waals surface area contributed by atoms with Crippen molar-refractivity contribution < 1.29 is 45.7 Å². The van der Waals surface area contributed by atoms with Gasteiger partial charge in [-0.05, 0) is 30.8 Å². The van der Waals surface area contributed by atoms with Crippen LogP contribution in [0.2, 0.25) is 0 Å². The number of benzene rings is 1. The fourth-order valence-corrected chi connectivity index (χ4v) is 4.49. The third-order valence-corrected chi connectivity index (χ3v) is 6.53. The van der Waals surface area contributed by atoms with Crippen molar-refractivity contribution in [2.24, 2.45) is 0 Å². The van der Waals surface area contributed by atoms with E-state index in [9.17, 15) is 31.1 Å². The van der Waals surface area contributed by atoms with Crippen molar-refractivity contribution in [2.75, 3.05) is 32.9 Å². The van der Waals surface area contributed by atoms with E-state index in [0.29, 0.717) is 24.3 Å². The standard InChI is InChI=1S/C23H23F3N8O2.C2HF3O2/c1-32(2)14-8-9-33(11-14)22(35)15-10-28-16(13-6-4-3-5-7-13)17-19(15)34(12-23(24,25)26)21(29-17)18-20(27)31-36-30-18;3-2(4,5)1(6)7/h3-7,10,14H,8-9,11-12H2,1-2H3,(H2,27,31);(H,6,7). The number of likely N-dealkylation sites (N-methyl/N-ethyl adjacent to an activating group) is 1. The molecule has 5 rings (SSSR count). The minimum absolute atomic E-state index is 0.00289. The second kappa shape index (κ2) is 11.9. The van der Waals surface area contributed by atoms with Gasteiger partial charge in [0, 0.05) is 30.9 Å². The topological polar surface area (TPSA) is 156 Å². The minimum atomic E-state index is -5.08. The van der Waals surface area contributed by atoms with E-state index >= 15 is 0 Å². The molecular weight excluding hydrogens is 590 g/mol. The van der Waals surface area contributed by atoms with Crippen molar-refractivity contribution in [3.63, 3.8) is 0 Å². The number of nitrogens with two attached hydrogens (primary N) is 1. The SMILES string of the molecule is CN(C)C1CCN(C(=O)c2cnc(-c3ccccc3)c3nc(-c4nonc4N)n(CC(F)(F)F)c23)C1.O=C(O)C(F)(F)F. The maximum Gasteiger partial charge on any atom is 0.490 e. The quantitative estimate of drug-likeness (QED) is 0.318. The van der Waals surface area contributed by atoms with Crippen molar-refractivity contribution in [2.45, 2.75) is 31.4 Å². The van der Waals surface area contributed by atoms with Gasteiger partial charge in [0.05, 0.1) is 16.8 Å². The lowest BCUT2D eigenvalue weighted by Crippen LogP contribution is -2.34. The highest BCUT2D eigenvalue weighted by Crippen LogP contribution is 2.36. The van der Waals surface area contributed by atoms with Gasteiger partial charge in [-0.3, -0.25) is 9.78 Å². The number of aliphatic carboxylic acids is 1. The molecule has 0 bridgehead atoms. The number of likely N-dealkylation sites (tertiary alicyclic amines) is 1. The Morgan fingerprint density at radius 2 is 1.74 bits per heavy atom. The predicted octanol–water partition coefficient (Wildman–Crippen LogP) is 3.70. The average Bonchev–Trinajstić information content (AvgIpc) is 3.66. The molecule has 1 saturated heterocycles. The van der Waals surface area contributed by atoms with Crippen LogP contribution in [0.15, 0.2) is 41.2 Å². The molecule has 3 N–H and O–H groups in total. The molecule has 1 amide bonds. The molecule has 43 heavy (non-hydrogen) atoms. The van der Waals surface area contributed by atoms with Crippen LogP contribution in [0.3, 0.4) is 0 Å². The molecule has 12 nitrogen and oxygen atoms in total. The number of imidazole rings is 1. The molecule has 3 aromatic heterocycles. The summed E-state index contributed by atoms with van der Waals surface area (Å²) in [5.74, 6) is -3.61. The van der Waals surface area contributed by atoms with Crippen molar-refractivity contribution in [3.05, 3.63) is 42.1 Å². The Bertz CT molecular complexity index is 1620. The first kappa shape index (κ1) is 31.2. The van der Waals surface area contributed by atoms with E-state index in [1.807, 2.05) is 25.1 Å². The maximum atomic E-state index is 13.8. The first-order chi connectivity index (χ1) is 20.1. The van der Waals surface area contributed by atoms with Crippen LogP contribution in [0.1, 0.15) is 16.8 Å². The average molecular weight is 615 g/mol. The summed E-state index contributed by atoms with van der Waals surface area (Å²) in [5.41, 5.74) is 6.76. The highest BCUT2D eigenvalue weighted by molar-refractivity contribution is 6.08. The third-order valence-electron chi connectivity index (χ3n) is 6.53. The number of fused-ring (bicyclic) bond motifs is 1. The molecule has 0 saturated carbocycles. The summed E-state index contributed by atoms with van der Waals surface area (Å²) < 4.78 is 78.7. The Kier molecular flexibility index (Phi) is 8.61. The number of nitrogen functional groups attached to an aromatic ring is 1. The van der Waals surface area contributed by atoms with Gasteiger partial charge in [-0.1, -0.05) is 30.3 Å². The third kappa shape index (κ3) is 6.85. The number of carboxylic acids is 1. The Morgan fingerprint density at radius 1 is 1.09 bits per heavy atom. The number of nitrogens with zero attached hydrogens (tertiary/aromatic N) is 7. The van der Waals surface area contributed by atoms with Crippen molar-refractivity contribution in [3.8, 4) is 22.8 Å². The number of amides is 1. The number of pyridine rings is 1. The van der Waals surface area contributed by atoms with Crippen LogP contribution in [0, 0.1) is 0 Å². The minimum Gasteiger partial charge on any atom is -0.475 e. The molecule has 1 fully saturated rings. The number of hydrogen-bond acceptors (Lipinski definition) is 9. The molecule has 230 valence electrons. The van der Waals surface area contributed by atoms with E-state index in [1.165, 1.54) is 6.20 Å². The smallest absolute Gasteiger partial charge is 0.475 e. The monoisotopic (exact) mass is 614 g/mol. The van der Waals surface area contributed by atoms with Crippen molar-refractivity contribution >= 4 is 28.7 Å². The predicted molar refractivity (Wildman–Crippen MR) is 138 cm³/mol. The summed E-state index contributed by atoms with van der Waals surface area (Å²) in [4.78, 5) is 35.1. The lowest BCUT2D eigenvalue weighted by atomic mass is 10.1. The van der Waals surface area contributed by atoms with Gasteiger partial charge in [0.25, 0.3) is 5.91 Å². The largest absolute Gasteiger partial charge is 0.490 e. The molecule has 4 heterocycles. The molecule has 0 spiro atoms. The first-order valence-electron chi connectivity index (χ1n) is 12.4. The summed E-state index contributed by atoms with van der Waals surface area (Å²) in [6.45, 7) is -0.498. The van der Waals surface area contributed by atoms with Gasteiger partial charge in [0.2, 0.25) is 0 Å². The highest BCUT2D eigenvalue weighted by atomic mass is 19.4. The zero-order chi connectivity index (χ0) is 31.7. The van der Waals surface area contributed by atoms with Gasteiger partial charge in [-0.2, -0.15) is 26.3 Å². The van der Waals surface area contributed by atoms with Crippen LogP contribution in [-0.2, 0) is 11.3 Å². The molecule has 1 aromatic carbocycles. The number of alkyl halides is 6. The molecule has 0 radical (unpaired) electrons. The molecule has 1 unspecified atom stereocenters. The van der Waals surface area contributed by atoms with Crippen LogP contribution in [0.5, 0.6) is 0 Å². The van der Waals surface area contributed by atoms with Gasteiger partial charge in [0.1, 0.15) is 12.1 Å². The van der Waals surface area contributed by atoms with Gasteiger partial charge in [0.15, 0.2) is 17.3 Å². The highest BCUT2D eigenvalue weighted by Gasteiger charge is 2.38. The van der Waals surface area contributed by atoms with Crippen LogP contribution in [0.4, 0.5) is 32.2 Å². The fourth-order valence-electron chi connectivity index (χ4n) is 4.49. The summed E-state index contributed by atoms with van der Waals surface area (Å²) in [7, 11) is 3.85. The number of rotatable bonds is 5. The zero-order valence-electron chi connectivity index (χ0n) is 22.5. The Balaban J connectivity index is 0.000000541. The molecule has 4 aromatic rings. The summed E-state index contributed by atoms with van der Waals surface area (Å²) in [6, 6.07) is 9.04. The van der Waals surface area contributed by atoms with E-state index in [2.05, 4.69) is 24.9 Å². The second-order valence-corrected chi connectivity index (χ2v) is 9.68. The fraction of sp³-hybridized carbons (Fsp3) is 0.360. The lowest BCUT2D eigenvalue weighted by molar-refractivity contribution is -0.192. The molecular formula is C25H24F6N8O4. The normalized spacial score (nSPS) is 15.6. The number of carbonyl (C=O) groups excluding carboxylic acids is 1. The maximum absolute atomic E-state index is 13.8. The van der Waals surface area contributed by atoms with Crippen molar-refractivity contribution in [1.29, 1.82) is 0 Å². The van der Waals surface area contributed by atoms with Crippen LogP contribution < -0.4 is 5.73 Å². The number of aromatic nitrogens is 5. The molecule has 1 atom stereocenters. The van der Waals surface area contributed by atoms with Crippen LogP contribution in [0.25, 0.3) is 33.8 Å². The number of anilines is 1. The van der Waals surface area contributed by atoms with E-state index in [0.717, 1.165) is 11.0 Å². The van der Waals surface area contributed by atoms with Gasteiger partial charge < -0.3 is 25.2 Å². The second-order valence-electron chi connectivity index (χ2n) is 9.68. The molecule has 0 aliphatic carbocycles. The Hall–Kier alpha value is -4.74. The van der Waals surface area contributed by atoms with Gasteiger partial charge in [-0.25, -0.2) is 14.4 Å². The van der Waals surface area contributed by atoms with Crippen LogP contribution >= 0.6 is 0 Å². The van der Waals surface area contributed by atoms with E-state index in [-0.39, 0.29) is 40.0 Å².